The van der Waals surface area contributed by atoms with Gasteiger partial charge in [-0.3, -0.25) is 4.90 Å². The number of imidazole rings is 1. The van der Waals surface area contributed by atoms with Gasteiger partial charge in [0.15, 0.2) is 0 Å². The summed E-state index contributed by atoms with van der Waals surface area (Å²) in [5, 5.41) is 10.5. The van der Waals surface area contributed by atoms with Crippen LogP contribution in [0.2, 0.25) is 5.15 Å². The first-order valence-corrected chi connectivity index (χ1v) is 7.89. The minimum atomic E-state index is -4.38. The van der Waals surface area contributed by atoms with Gasteiger partial charge in [-0.25, -0.2) is 4.98 Å². The third-order valence-corrected chi connectivity index (χ3v) is 4.70. The molecule has 1 aromatic carbocycles. The van der Waals surface area contributed by atoms with E-state index >= 15 is 0 Å². The second-order valence-electron chi connectivity index (χ2n) is 6.01. The van der Waals surface area contributed by atoms with E-state index in [9.17, 15) is 18.3 Å². The lowest BCUT2D eigenvalue weighted by Crippen LogP contribution is -2.26. The number of halogens is 4. The zero-order valence-corrected chi connectivity index (χ0v) is 13.7. The normalized spacial score (nSPS) is 22.2. The van der Waals surface area contributed by atoms with Crippen LogP contribution in [0.4, 0.5) is 13.2 Å². The molecule has 0 amide bonds. The van der Waals surface area contributed by atoms with E-state index in [-0.39, 0.29) is 6.04 Å². The van der Waals surface area contributed by atoms with E-state index in [2.05, 4.69) is 4.98 Å². The highest BCUT2D eigenvalue weighted by molar-refractivity contribution is 6.29. The predicted molar refractivity (Wildman–Crippen MR) is 83.4 cm³/mol. The molecule has 3 rings (SSSR count). The summed E-state index contributed by atoms with van der Waals surface area (Å²) < 4.78 is 40.5. The van der Waals surface area contributed by atoms with E-state index in [1.165, 1.54) is 12.3 Å². The van der Waals surface area contributed by atoms with Gasteiger partial charge in [-0.2, -0.15) is 13.2 Å². The van der Waals surface area contributed by atoms with Gasteiger partial charge in [-0.05, 0) is 24.1 Å². The minimum Gasteiger partial charge on any atom is -0.392 e. The van der Waals surface area contributed by atoms with Crippen LogP contribution in [0.3, 0.4) is 0 Å². The smallest absolute Gasteiger partial charge is 0.392 e. The highest BCUT2D eigenvalue weighted by Gasteiger charge is 2.35. The summed E-state index contributed by atoms with van der Waals surface area (Å²) in [4.78, 5) is 6.15. The SMILES string of the molecule is Cn1c(Cl)cnc1CN1C[C@@H](O)C[C@@H]1c1cccc(C(F)(F)F)c1. The van der Waals surface area contributed by atoms with E-state index in [0.717, 1.165) is 12.1 Å². The van der Waals surface area contributed by atoms with Crippen LogP contribution < -0.4 is 0 Å². The van der Waals surface area contributed by atoms with Gasteiger partial charge < -0.3 is 9.67 Å². The summed E-state index contributed by atoms with van der Waals surface area (Å²) in [6.07, 6.45) is -3.05. The second kappa shape index (κ2) is 6.38. The van der Waals surface area contributed by atoms with Crippen LogP contribution in [-0.4, -0.2) is 32.2 Å². The molecule has 2 atom stereocenters. The average Bonchev–Trinajstić information content (AvgIpc) is 3.04. The summed E-state index contributed by atoms with van der Waals surface area (Å²) in [6.45, 7) is 0.784. The van der Waals surface area contributed by atoms with Crippen molar-refractivity contribution in [3.63, 3.8) is 0 Å². The molecule has 0 saturated carbocycles. The van der Waals surface area contributed by atoms with E-state index in [1.807, 2.05) is 4.90 Å². The van der Waals surface area contributed by atoms with Crippen LogP contribution in [0.25, 0.3) is 0 Å². The number of alkyl halides is 3. The Labute approximate surface area is 142 Å². The molecule has 1 aromatic heterocycles. The maximum absolute atomic E-state index is 12.9. The third-order valence-electron chi connectivity index (χ3n) is 4.35. The Kier molecular flexibility index (Phi) is 4.59. The fourth-order valence-electron chi connectivity index (χ4n) is 3.08. The van der Waals surface area contributed by atoms with Gasteiger partial charge in [0.1, 0.15) is 11.0 Å². The zero-order chi connectivity index (χ0) is 17.5. The number of rotatable bonds is 3. The fraction of sp³-hybridized carbons (Fsp3) is 0.438. The molecule has 24 heavy (non-hydrogen) atoms. The molecule has 1 N–H and O–H groups in total. The van der Waals surface area contributed by atoms with Crippen molar-refractivity contribution < 1.29 is 18.3 Å². The van der Waals surface area contributed by atoms with Crippen molar-refractivity contribution >= 4 is 11.6 Å². The molecular weight excluding hydrogens is 343 g/mol. The monoisotopic (exact) mass is 359 g/mol. The van der Waals surface area contributed by atoms with Crippen LogP contribution in [0.1, 0.15) is 29.4 Å². The molecule has 0 radical (unpaired) electrons. The number of aliphatic hydroxyl groups is 1. The second-order valence-corrected chi connectivity index (χ2v) is 6.40. The van der Waals surface area contributed by atoms with Crippen LogP contribution in [0.15, 0.2) is 30.5 Å². The van der Waals surface area contributed by atoms with E-state index in [0.29, 0.717) is 36.1 Å². The molecule has 0 aliphatic carbocycles. The number of likely N-dealkylation sites (tertiary alicyclic amines) is 1. The minimum absolute atomic E-state index is 0.294. The Balaban J connectivity index is 1.87. The number of β-amino-alcohol motifs (C(OH)–C–C–N with tert-alkyl or cyclic N) is 1. The van der Waals surface area contributed by atoms with Crippen LogP contribution >= 0.6 is 11.6 Å². The third kappa shape index (κ3) is 3.43. The molecule has 0 unspecified atom stereocenters. The molecule has 130 valence electrons. The molecule has 1 fully saturated rings. The van der Waals surface area contributed by atoms with Crippen molar-refractivity contribution in [2.24, 2.45) is 7.05 Å². The van der Waals surface area contributed by atoms with Gasteiger partial charge in [0.2, 0.25) is 0 Å². The predicted octanol–water partition coefficient (Wildman–Crippen LogP) is 3.40. The molecule has 2 heterocycles. The number of nitrogens with zero attached hydrogens (tertiary/aromatic N) is 3. The van der Waals surface area contributed by atoms with E-state index < -0.39 is 17.8 Å². The first kappa shape index (κ1) is 17.3. The molecule has 4 nitrogen and oxygen atoms in total. The fourth-order valence-corrected chi connectivity index (χ4v) is 3.22. The number of hydrogen-bond donors (Lipinski definition) is 1. The van der Waals surface area contributed by atoms with Gasteiger partial charge >= 0.3 is 6.18 Å². The molecule has 0 bridgehead atoms. The first-order valence-electron chi connectivity index (χ1n) is 7.51. The summed E-state index contributed by atoms with van der Waals surface area (Å²) in [5.41, 5.74) is -0.136. The zero-order valence-electron chi connectivity index (χ0n) is 13.0. The summed E-state index contributed by atoms with van der Waals surface area (Å²) >= 11 is 5.98. The van der Waals surface area contributed by atoms with Crippen molar-refractivity contribution in [3.05, 3.63) is 52.6 Å². The average molecular weight is 360 g/mol. The van der Waals surface area contributed by atoms with Gasteiger partial charge in [-0.15, -0.1) is 0 Å². The van der Waals surface area contributed by atoms with Crippen molar-refractivity contribution in [2.45, 2.75) is 31.3 Å². The highest BCUT2D eigenvalue weighted by Crippen LogP contribution is 2.36. The lowest BCUT2D eigenvalue weighted by Gasteiger charge is -2.24. The summed E-state index contributed by atoms with van der Waals surface area (Å²) in [5.74, 6) is 0.700. The van der Waals surface area contributed by atoms with Crippen molar-refractivity contribution in [2.75, 3.05) is 6.54 Å². The number of aliphatic hydroxyl groups excluding tert-OH is 1. The first-order chi connectivity index (χ1) is 11.3. The Morgan fingerprint density at radius 3 is 2.75 bits per heavy atom. The lowest BCUT2D eigenvalue weighted by atomic mass is 10.0. The quantitative estimate of drug-likeness (QED) is 0.913. The van der Waals surface area contributed by atoms with E-state index in [1.54, 1.807) is 17.7 Å². The maximum atomic E-state index is 12.9. The Bertz CT molecular complexity index is 732. The Morgan fingerprint density at radius 2 is 2.12 bits per heavy atom. The standard InChI is InChI=1S/C16H17ClF3N3O/c1-22-14(17)7-21-15(22)9-23-8-12(24)6-13(23)10-3-2-4-11(5-10)16(18,19)20/h2-5,7,12-13,24H,6,8-9H2,1H3/t12-,13+/m0/s1. The Hall–Kier alpha value is -1.57. The summed E-state index contributed by atoms with van der Waals surface area (Å²) in [6, 6.07) is 4.98. The molecule has 1 aliphatic heterocycles. The van der Waals surface area contributed by atoms with Crippen molar-refractivity contribution in [1.82, 2.24) is 14.5 Å². The molecule has 0 spiro atoms. The van der Waals surface area contributed by atoms with Crippen LogP contribution in [0.5, 0.6) is 0 Å². The number of hydrogen-bond acceptors (Lipinski definition) is 3. The topological polar surface area (TPSA) is 41.3 Å². The number of aromatic nitrogens is 2. The van der Waals surface area contributed by atoms with Crippen molar-refractivity contribution in [1.29, 1.82) is 0 Å². The van der Waals surface area contributed by atoms with Gasteiger partial charge in [0, 0.05) is 19.6 Å². The molecule has 8 heteroatoms. The van der Waals surface area contributed by atoms with E-state index in [4.69, 9.17) is 11.6 Å². The van der Waals surface area contributed by atoms with Crippen LogP contribution in [-0.2, 0) is 19.8 Å². The van der Waals surface area contributed by atoms with Gasteiger partial charge in [0.05, 0.1) is 24.4 Å². The molecule has 1 saturated heterocycles. The molecule has 2 aromatic rings. The highest BCUT2D eigenvalue weighted by atomic mass is 35.5. The Morgan fingerprint density at radius 1 is 1.38 bits per heavy atom. The summed E-state index contributed by atoms with van der Waals surface area (Å²) in [7, 11) is 1.77. The largest absolute Gasteiger partial charge is 0.416 e. The lowest BCUT2D eigenvalue weighted by molar-refractivity contribution is -0.137. The maximum Gasteiger partial charge on any atom is 0.416 e. The van der Waals surface area contributed by atoms with Crippen molar-refractivity contribution in [3.8, 4) is 0 Å². The molecular formula is C16H17ClF3N3O. The van der Waals surface area contributed by atoms with Gasteiger partial charge in [-0.1, -0.05) is 23.7 Å². The van der Waals surface area contributed by atoms with Gasteiger partial charge in [0.25, 0.3) is 0 Å². The number of benzene rings is 1. The van der Waals surface area contributed by atoms with Crippen LogP contribution in [0, 0.1) is 0 Å². The molecule has 1 aliphatic rings.